The van der Waals surface area contributed by atoms with Crippen LogP contribution in [-0.4, -0.2) is 20.9 Å². The Kier molecular flexibility index (Phi) is 7.20. The predicted octanol–water partition coefficient (Wildman–Crippen LogP) is 5.37. The highest BCUT2D eigenvalue weighted by atomic mass is 35.5. The molecular formula is C21H18Cl2N2O3S2. The summed E-state index contributed by atoms with van der Waals surface area (Å²) in [6.45, 7) is 4.02. The lowest BCUT2D eigenvalue weighted by molar-refractivity contribution is 0.0951. The highest BCUT2D eigenvalue weighted by Gasteiger charge is 2.26. The molecule has 3 rings (SSSR count). The predicted molar refractivity (Wildman–Crippen MR) is 123 cm³/mol. The number of nitrogens with one attached hydrogen (secondary N) is 1. The third kappa shape index (κ3) is 5.05. The van der Waals surface area contributed by atoms with Crippen molar-refractivity contribution >= 4 is 56.2 Å². The fourth-order valence-corrected chi connectivity index (χ4v) is 5.14. The number of carbonyl (C=O) groups is 1. The van der Waals surface area contributed by atoms with E-state index in [-0.39, 0.29) is 22.0 Å². The summed E-state index contributed by atoms with van der Waals surface area (Å²) in [5, 5.41) is 5.33. The van der Waals surface area contributed by atoms with Gasteiger partial charge in [0.15, 0.2) is 0 Å². The number of sulfonamides is 1. The number of halogens is 2. The van der Waals surface area contributed by atoms with Crippen LogP contribution in [0.15, 0.2) is 77.5 Å². The van der Waals surface area contributed by atoms with E-state index in [4.69, 9.17) is 23.2 Å². The first-order valence-electron chi connectivity index (χ1n) is 8.82. The maximum absolute atomic E-state index is 13.3. The largest absolute Gasteiger partial charge is 0.347 e. The summed E-state index contributed by atoms with van der Waals surface area (Å²) in [7, 11) is -3.98. The number of nitrogens with zero attached hydrogens (tertiary/aromatic N) is 1. The van der Waals surface area contributed by atoms with E-state index in [9.17, 15) is 13.2 Å². The lowest BCUT2D eigenvalue weighted by Gasteiger charge is -2.23. The van der Waals surface area contributed by atoms with Crippen LogP contribution in [0.4, 0.5) is 5.69 Å². The Morgan fingerprint density at radius 1 is 1.13 bits per heavy atom. The van der Waals surface area contributed by atoms with Crippen molar-refractivity contribution in [3.05, 3.63) is 93.1 Å². The lowest BCUT2D eigenvalue weighted by Crippen LogP contribution is -2.31. The molecule has 9 heteroatoms. The summed E-state index contributed by atoms with van der Waals surface area (Å²) in [6, 6.07) is 14.3. The van der Waals surface area contributed by atoms with Crippen LogP contribution in [0.3, 0.4) is 0 Å². The number of hydrogen-bond acceptors (Lipinski definition) is 4. The van der Waals surface area contributed by atoms with Gasteiger partial charge in [-0.05, 0) is 53.9 Å². The Morgan fingerprint density at radius 2 is 1.87 bits per heavy atom. The molecule has 0 atom stereocenters. The van der Waals surface area contributed by atoms with Gasteiger partial charge in [-0.25, -0.2) is 8.42 Å². The number of benzene rings is 2. The molecule has 1 amide bonds. The summed E-state index contributed by atoms with van der Waals surface area (Å²) in [6.07, 6.45) is 1.48. The average molecular weight is 481 g/mol. The summed E-state index contributed by atoms with van der Waals surface area (Å²) in [5.74, 6) is -0.452. The molecule has 0 aliphatic rings. The van der Waals surface area contributed by atoms with E-state index in [1.165, 1.54) is 39.9 Å². The number of rotatable bonds is 8. The van der Waals surface area contributed by atoms with Gasteiger partial charge in [0.2, 0.25) is 0 Å². The fourth-order valence-electron chi connectivity index (χ4n) is 2.71. The SMILES string of the molecule is C=CCN(c1ccc(Cl)cc1)S(=O)(=O)c1ccc(Cl)c(C(=O)NCc2cccs2)c1. The highest BCUT2D eigenvalue weighted by molar-refractivity contribution is 7.92. The van der Waals surface area contributed by atoms with Crippen LogP contribution in [0.1, 0.15) is 15.2 Å². The maximum atomic E-state index is 13.3. The number of anilines is 1. The minimum atomic E-state index is -3.98. The number of hydrogen-bond donors (Lipinski definition) is 1. The second-order valence-corrected chi connectivity index (χ2v) is 9.94. The normalized spacial score (nSPS) is 11.1. The average Bonchev–Trinajstić information content (AvgIpc) is 3.25. The summed E-state index contributed by atoms with van der Waals surface area (Å²) in [5.41, 5.74) is 0.516. The molecule has 0 radical (unpaired) electrons. The Bertz CT molecular complexity index is 1150. The molecule has 0 fully saturated rings. The van der Waals surface area contributed by atoms with E-state index in [0.717, 1.165) is 4.88 Å². The van der Waals surface area contributed by atoms with Crippen LogP contribution in [0.25, 0.3) is 0 Å². The molecule has 0 unspecified atom stereocenters. The van der Waals surface area contributed by atoms with E-state index in [1.54, 1.807) is 24.3 Å². The maximum Gasteiger partial charge on any atom is 0.264 e. The molecule has 2 aromatic carbocycles. The van der Waals surface area contributed by atoms with Crippen LogP contribution in [0.2, 0.25) is 10.0 Å². The molecule has 1 heterocycles. The molecule has 0 saturated carbocycles. The highest BCUT2D eigenvalue weighted by Crippen LogP contribution is 2.28. The van der Waals surface area contributed by atoms with Gasteiger partial charge in [-0.15, -0.1) is 17.9 Å². The van der Waals surface area contributed by atoms with Gasteiger partial charge in [0.25, 0.3) is 15.9 Å². The molecule has 0 bridgehead atoms. The topological polar surface area (TPSA) is 66.5 Å². The van der Waals surface area contributed by atoms with E-state index in [1.807, 2.05) is 17.5 Å². The van der Waals surface area contributed by atoms with E-state index >= 15 is 0 Å². The third-order valence-corrected chi connectivity index (χ3v) is 7.43. The quantitative estimate of drug-likeness (QED) is 0.440. The molecule has 0 aliphatic heterocycles. The number of thiophene rings is 1. The van der Waals surface area contributed by atoms with Crippen molar-refractivity contribution in [1.82, 2.24) is 5.32 Å². The van der Waals surface area contributed by atoms with Crippen molar-refractivity contribution in [3.8, 4) is 0 Å². The van der Waals surface area contributed by atoms with Gasteiger partial charge < -0.3 is 5.32 Å². The fraction of sp³-hybridized carbons (Fsp3) is 0.0952. The Balaban J connectivity index is 1.92. The summed E-state index contributed by atoms with van der Waals surface area (Å²) in [4.78, 5) is 13.5. The Labute approximate surface area is 189 Å². The van der Waals surface area contributed by atoms with Crippen molar-refractivity contribution in [2.24, 2.45) is 0 Å². The molecule has 30 heavy (non-hydrogen) atoms. The Hall–Kier alpha value is -2.32. The standard InChI is InChI=1S/C21H18Cl2N2O3S2/c1-2-11-25(16-7-5-15(22)6-8-16)30(27,28)18-9-10-20(23)19(13-18)21(26)24-14-17-4-3-12-29-17/h2-10,12-13H,1,11,14H2,(H,24,26). The van der Waals surface area contributed by atoms with Gasteiger partial charge in [-0.1, -0.05) is 35.3 Å². The van der Waals surface area contributed by atoms with Crippen LogP contribution in [0, 0.1) is 0 Å². The van der Waals surface area contributed by atoms with E-state index < -0.39 is 15.9 Å². The molecule has 0 spiro atoms. The van der Waals surface area contributed by atoms with E-state index in [0.29, 0.717) is 17.3 Å². The molecule has 0 saturated heterocycles. The zero-order valence-corrected chi connectivity index (χ0v) is 18.9. The van der Waals surface area contributed by atoms with Gasteiger partial charge in [0.1, 0.15) is 0 Å². The smallest absolute Gasteiger partial charge is 0.264 e. The third-order valence-electron chi connectivity index (χ3n) is 4.18. The first-order valence-corrected chi connectivity index (χ1v) is 11.9. The minimum Gasteiger partial charge on any atom is -0.347 e. The second kappa shape index (κ2) is 9.66. The van der Waals surface area contributed by atoms with Crippen LogP contribution in [0.5, 0.6) is 0 Å². The summed E-state index contributed by atoms with van der Waals surface area (Å²) < 4.78 is 27.8. The van der Waals surface area contributed by atoms with Crippen LogP contribution < -0.4 is 9.62 Å². The monoisotopic (exact) mass is 480 g/mol. The van der Waals surface area contributed by atoms with E-state index in [2.05, 4.69) is 11.9 Å². The lowest BCUT2D eigenvalue weighted by atomic mass is 10.2. The van der Waals surface area contributed by atoms with Crippen molar-refractivity contribution in [2.75, 3.05) is 10.8 Å². The van der Waals surface area contributed by atoms with Gasteiger partial charge in [0.05, 0.1) is 34.3 Å². The molecule has 0 aliphatic carbocycles. The molecule has 156 valence electrons. The van der Waals surface area contributed by atoms with Crippen LogP contribution >= 0.6 is 34.5 Å². The first-order chi connectivity index (χ1) is 14.3. The van der Waals surface area contributed by atoms with Gasteiger partial charge >= 0.3 is 0 Å². The molecule has 1 N–H and O–H groups in total. The zero-order valence-electron chi connectivity index (χ0n) is 15.7. The van der Waals surface area contributed by atoms with Crippen LogP contribution in [-0.2, 0) is 16.6 Å². The molecule has 5 nitrogen and oxygen atoms in total. The van der Waals surface area contributed by atoms with Crippen molar-refractivity contribution in [1.29, 1.82) is 0 Å². The Morgan fingerprint density at radius 3 is 2.50 bits per heavy atom. The number of carbonyl (C=O) groups excluding carboxylic acids is 1. The molecular weight excluding hydrogens is 463 g/mol. The zero-order chi connectivity index (χ0) is 21.7. The molecule has 1 aromatic heterocycles. The minimum absolute atomic E-state index is 0.0481. The van der Waals surface area contributed by atoms with Gasteiger partial charge in [0, 0.05) is 9.90 Å². The van der Waals surface area contributed by atoms with Crippen molar-refractivity contribution in [2.45, 2.75) is 11.4 Å². The summed E-state index contributed by atoms with van der Waals surface area (Å²) >= 11 is 13.6. The second-order valence-electron chi connectivity index (χ2n) is 6.20. The number of amides is 1. The van der Waals surface area contributed by atoms with Crippen molar-refractivity contribution in [3.63, 3.8) is 0 Å². The van der Waals surface area contributed by atoms with Gasteiger partial charge in [-0.3, -0.25) is 9.10 Å². The molecule has 3 aromatic rings. The first kappa shape index (κ1) is 22.4. The van der Waals surface area contributed by atoms with Crippen molar-refractivity contribution < 1.29 is 13.2 Å². The van der Waals surface area contributed by atoms with Gasteiger partial charge in [-0.2, -0.15) is 0 Å².